The van der Waals surface area contributed by atoms with Crippen molar-refractivity contribution in [3.8, 4) is 0 Å². The molecule has 5 rings (SSSR count). The Labute approximate surface area is 188 Å². The minimum absolute atomic E-state index is 0.0227. The van der Waals surface area contributed by atoms with E-state index >= 15 is 0 Å². The molecule has 3 heterocycles. The number of hydrogen-bond acceptors (Lipinski definition) is 3. The van der Waals surface area contributed by atoms with Gasteiger partial charge in [-0.25, -0.2) is 0 Å². The van der Waals surface area contributed by atoms with Gasteiger partial charge >= 0.3 is 0 Å². The third kappa shape index (κ3) is 3.78. The maximum Gasteiger partial charge on any atom is 0.256 e. The Balaban J connectivity index is 1.39. The van der Waals surface area contributed by atoms with E-state index in [0.717, 1.165) is 37.9 Å². The number of fused-ring (bicyclic) bond motifs is 2. The average Bonchev–Trinajstić information content (AvgIpc) is 3.13. The molecule has 0 spiro atoms. The van der Waals surface area contributed by atoms with Gasteiger partial charge in [0.25, 0.3) is 11.8 Å². The molecule has 2 saturated heterocycles. The van der Waals surface area contributed by atoms with Crippen LogP contribution in [0.4, 0.5) is 5.69 Å². The number of para-hydroxylation sites is 1. The van der Waals surface area contributed by atoms with Crippen molar-refractivity contribution in [2.75, 3.05) is 24.5 Å². The lowest BCUT2D eigenvalue weighted by Gasteiger charge is -2.26. The van der Waals surface area contributed by atoms with Crippen molar-refractivity contribution in [3.63, 3.8) is 0 Å². The second-order valence-electron chi connectivity index (χ2n) is 9.00. The standard InChI is InChI=1S/C26H29N3O3/c30-24(27-15-5-1-2-6-16-27)20-13-11-19(12-14-20)18-29-22-9-4-3-8-21(22)25(31)28-17-7-10-23(28)26(29)32/h3-4,8-9,11-14,23H,1-2,5-7,10,15-18H2/t23-/m0/s1. The molecule has 32 heavy (non-hydrogen) atoms. The highest BCUT2D eigenvalue weighted by Crippen LogP contribution is 2.33. The van der Waals surface area contributed by atoms with E-state index in [1.54, 1.807) is 9.80 Å². The third-order valence-corrected chi connectivity index (χ3v) is 6.92. The Hall–Kier alpha value is -3.15. The van der Waals surface area contributed by atoms with Crippen LogP contribution in [0.3, 0.4) is 0 Å². The van der Waals surface area contributed by atoms with Crippen molar-refractivity contribution in [2.24, 2.45) is 0 Å². The van der Waals surface area contributed by atoms with Gasteiger partial charge in [-0.2, -0.15) is 0 Å². The summed E-state index contributed by atoms with van der Waals surface area (Å²) in [5, 5.41) is 0. The zero-order valence-electron chi connectivity index (χ0n) is 18.3. The molecule has 0 radical (unpaired) electrons. The number of carbonyl (C=O) groups excluding carboxylic acids is 3. The number of benzene rings is 2. The number of rotatable bonds is 3. The fourth-order valence-corrected chi connectivity index (χ4v) is 5.16. The molecule has 2 aromatic carbocycles. The van der Waals surface area contributed by atoms with Gasteiger partial charge in [0.1, 0.15) is 6.04 Å². The van der Waals surface area contributed by atoms with Crippen LogP contribution in [0, 0.1) is 0 Å². The van der Waals surface area contributed by atoms with Crippen molar-refractivity contribution in [2.45, 2.75) is 51.1 Å². The van der Waals surface area contributed by atoms with E-state index in [0.29, 0.717) is 36.3 Å². The first-order valence-electron chi connectivity index (χ1n) is 11.7. The van der Waals surface area contributed by atoms with Crippen molar-refractivity contribution in [1.29, 1.82) is 0 Å². The fourth-order valence-electron chi connectivity index (χ4n) is 5.16. The lowest BCUT2D eigenvalue weighted by atomic mass is 10.1. The topological polar surface area (TPSA) is 60.9 Å². The van der Waals surface area contributed by atoms with E-state index in [9.17, 15) is 14.4 Å². The lowest BCUT2D eigenvalue weighted by Crippen LogP contribution is -2.44. The number of carbonyl (C=O) groups is 3. The van der Waals surface area contributed by atoms with Gasteiger partial charge in [-0.05, 0) is 55.5 Å². The SMILES string of the molecule is O=C(c1ccc(CN2C(=O)[C@@H]3CCCN3C(=O)c3ccccc32)cc1)N1CCCCCC1. The molecule has 0 saturated carbocycles. The second-order valence-corrected chi connectivity index (χ2v) is 9.00. The van der Waals surface area contributed by atoms with E-state index in [1.807, 2.05) is 53.4 Å². The molecule has 0 aliphatic carbocycles. The largest absolute Gasteiger partial charge is 0.339 e. The number of anilines is 1. The van der Waals surface area contributed by atoms with Crippen LogP contribution in [0.2, 0.25) is 0 Å². The molecule has 0 unspecified atom stereocenters. The Morgan fingerprint density at radius 3 is 2.31 bits per heavy atom. The zero-order valence-corrected chi connectivity index (χ0v) is 18.3. The first-order chi connectivity index (χ1) is 15.6. The summed E-state index contributed by atoms with van der Waals surface area (Å²) >= 11 is 0. The maximum atomic E-state index is 13.4. The summed E-state index contributed by atoms with van der Waals surface area (Å²) in [6, 6.07) is 14.6. The predicted molar refractivity (Wildman–Crippen MR) is 123 cm³/mol. The molecule has 3 amide bonds. The molecule has 2 aromatic rings. The summed E-state index contributed by atoms with van der Waals surface area (Å²) in [4.78, 5) is 44.8. The molecule has 0 aromatic heterocycles. The van der Waals surface area contributed by atoms with Crippen molar-refractivity contribution >= 4 is 23.4 Å². The quantitative estimate of drug-likeness (QED) is 0.742. The third-order valence-electron chi connectivity index (χ3n) is 6.92. The van der Waals surface area contributed by atoms with Gasteiger partial charge in [-0.1, -0.05) is 37.1 Å². The molecular formula is C26H29N3O3. The summed E-state index contributed by atoms with van der Waals surface area (Å²) in [5.74, 6) is 0.00435. The summed E-state index contributed by atoms with van der Waals surface area (Å²) in [7, 11) is 0. The highest BCUT2D eigenvalue weighted by molar-refractivity contribution is 6.11. The van der Waals surface area contributed by atoms with E-state index in [1.165, 1.54) is 12.8 Å². The highest BCUT2D eigenvalue weighted by atomic mass is 16.2. The molecule has 0 N–H and O–H groups in total. The van der Waals surface area contributed by atoms with Gasteiger partial charge in [0.15, 0.2) is 0 Å². The van der Waals surface area contributed by atoms with Crippen LogP contribution in [0.25, 0.3) is 0 Å². The van der Waals surface area contributed by atoms with Gasteiger partial charge in [0.2, 0.25) is 5.91 Å². The molecule has 1 atom stereocenters. The smallest absolute Gasteiger partial charge is 0.256 e. The van der Waals surface area contributed by atoms with Crippen molar-refractivity contribution in [3.05, 3.63) is 65.2 Å². The molecule has 6 nitrogen and oxygen atoms in total. The Morgan fingerprint density at radius 1 is 0.844 bits per heavy atom. The second kappa shape index (κ2) is 8.77. The average molecular weight is 432 g/mol. The van der Waals surface area contributed by atoms with Crippen LogP contribution in [0.5, 0.6) is 0 Å². The van der Waals surface area contributed by atoms with E-state index in [2.05, 4.69) is 0 Å². The first kappa shape index (κ1) is 20.7. The first-order valence-corrected chi connectivity index (χ1v) is 11.7. The summed E-state index contributed by atoms with van der Waals surface area (Å²) < 4.78 is 0. The van der Waals surface area contributed by atoms with Crippen LogP contribution >= 0.6 is 0 Å². The maximum absolute atomic E-state index is 13.4. The van der Waals surface area contributed by atoms with Crippen molar-refractivity contribution in [1.82, 2.24) is 9.80 Å². The van der Waals surface area contributed by atoms with Crippen LogP contribution in [0.15, 0.2) is 48.5 Å². The Morgan fingerprint density at radius 2 is 1.56 bits per heavy atom. The highest BCUT2D eigenvalue weighted by Gasteiger charge is 2.41. The summed E-state index contributed by atoms with van der Waals surface area (Å²) in [6.07, 6.45) is 6.07. The number of hydrogen-bond donors (Lipinski definition) is 0. The normalized spacial score (nSPS) is 21.1. The Bertz CT molecular complexity index is 1020. The van der Waals surface area contributed by atoms with E-state index < -0.39 is 6.04 Å². The summed E-state index contributed by atoms with van der Waals surface area (Å²) in [5.41, 5.74) is 2.88. The van der Waals surface area contributed by atoms with Crippen LogP contribution in [-0.2, 0) is 11.3 Å². The minimum atomic E-state index is -0.390. The Kier molecular flexibility index (Phi) is 5.68. The van der Waals surface area contributed by atoms with E-state index in [4.69, 9.17) is 0 Å². The van der Waals surface area contributed by atoms with Gasteiger partial charge in [-0.15, -0.1) is 0 Å². The van der Waals surface area contributed by atoms with Crippen molar-refractivity contribution < 1.29 is 14.4 Å². The van der Waals surface area contributed by atoms with Crippen LogP contribution in [-0.4, -0.2) is 53.2 Å². The zero-order chi connectivity index (χ0) is 22.1. The number of nitrogens with zero attached hydrogens (tertiary/aromatic N) is 3. The fraction of sp³-hybridized carbons (Fsp3) is 0.423. The minimum Gasteiger partial charge on any atom is -0.339 e. The monoisotopic (exact) mass is 431 g/mol. The van der Waals surface area contributed by atoms with Gasteiger partial charge in [0.05, 0.1) is 17.8 Å². The molecular weight excluding hydrogens is 402 g/mol. The molecule has 3 aliphatic heterocycles. The van der Waals surface area contributed by atoms with E-state index in [-0.39, 0.29) is 17.7 Å². The van der Waals surface area contributed by atoms with Gasteiger partial charge in [-0.3, -0.25) is 14.4 Å². The van der Waals surface area contributed by atoms with Gasteiger partial charge in [0, 0.05) is 25.2 Å². The lowest BCUT2D eigenvalue weighted by molar-refractivity contribution is -0.122. The number of amides is 3. The number of likely N-dealkylation sites (tertiary alicyclic amines) is 1. The molecule has 166 valence electrons. The van der Waals surface area contributed by atoms with Crippen LogP contribution in [0.1, 0.15) is 64.8 Å². The van der Waals surface area contributed by atoms with Crippen LogP contribution < -0.4 is 4.90 Å². The molecule has 0 bridgehead atoms. The predicted octanol–water partition coefficient (Wildman–Crippen LogP) is 3.85. The molecule has 2 fully saturated rings. The molecule has 6 heteroatoms. The molecule has 3 aliphatic rings. The van der Waals surface area contributed by atoms with Gasteiger partial charge < -0.3 is 14.7 Å². The summed E-state index contributed by atoms with van der Waals surface area (Å²) in [6.45, 7) is 2.66.